The minimum atomic E-state index is -1.58. The van der Waals surface area contributed by atoms with Gasteiger partial charge in [0.2, 0.25) is 5.91 Å². The van der Waals surface area contributed by atoms with Gasteiger partial charge in [0, 0.05) is 12.8 Å². The molecule has 0 aromatic carbocycles. The first-order valence-corrected chi connectivity index (χ1v) is 40.2. The van der Waals surface area contributed by atoms with Gasteiger partial charge in [-0.15, -0.1) is 0 Å². The van der Waals surface area contributed by atoms with Crippen LogP contribution in [0, 0.1) is 0 Å². The molecule has 0 radical (unpaired) electrons. The molecule has 548 valence electrons. The number of esters is 1. The fourth-order valence-electron chi connectivity index (χ4n) is 12.5. The number of nitrogens with one attached hydrogen (secondary N) is 1. The Kier molecular flexibility index (Phi) is 67.7. The van der Waals surface area contributed by atoms with Gasteiger partial charge in [0.15, 0.2) is 6.29 Å². The predicted octanol–water partition coefficient (Wildman–Crippen LogP) is 21.8. The van der Waals surface area contributed by atoms with E-state index in [0.717, 1.165) is 70.6 Å². The third-order valence-corrected chi connectivity index (χ3v) is 18.8. The summed E-state index contributed by atoms with van der Waals surface area (Å²) in [7, 11) is 0. The van der Waals surface area contributed by atoms with Crippen molar-refractivity contribution in [2.24, 2.45) is 0 Å². The van der Waals surface area contributed by atoms with Gasteiger partial charge in [-0.2, -0.15) is 0 Å². The summed E-state index contributed by atoms with van der Waals surface area (Å²) in [5.74, 6) is -0.184. The second-order valence-corrected chi connectivity index (χ2v) is 27.7. The smallest absolute Gasteiger partial charge is 0.305 e. The lowest BCUT2D eigenvalue weighted by Crippen LogP contribution is -2.60. The number of ether oxygens (including phenoxy) is 3. The van der Waals surface area contributed by atoms with Crippen LogP contribution in [0.15, 0.2) is 72.9 Å². The van der Waals surface area contributed by atoms with Crippen LogP contribution in [-0.4, -0.2) is 100 Å². The molecule has 1 saturated heterocycles. The molecule has 1 fully saturated rings. The van der Waals surface area contributed by atoms with Crippen LogP contribution in [-0.2, 0) is 23.8 Å². The molecule has 0 aromatic heterocycles. The highest BCUT2D eigenvalue weighted by Gasteiger charge is 2.44. The largest absolute Gasteiger partial charge is 0.466 e. The van der Waals surface area contributed by atoms with E-state index < -0.39 is 49.5 Å². The Morgan fingerprint density at radius 2 is 0.723 bits per heavy atom. The van der Waals surface area contributed by atoms with E-state index in [4.69, 9.17) is 14.2 Å². The number of aliphatic hydroxyl groups is 5. The molecule has 1 amide bonds. The number of hydrogen-bond acceptors (Lipinski definition) is 10. The molecule has 7 unspecified atom stereocenters. The van der Waals surface area contributed by atoms with Gasteiger partial charge in [-0.1, -0.05) is 331 Å². The van der Waals surface area contributed by atoms with Crippen LogP contribution in [0.4, 0.5) is 0 Å². The average Bonchev–Trinajstić information content (AvgIpc) is 0.834. The second-order valence-electron chi connectivity index (χ2n) is 27.7. The second kappa shape index (κ2) is 71.4. The molecular weight excluding hydrogens is 1170 g/mol. The standard InChI is InChI=1S/C83H151NO10/c1-3-5-7-9-11-13-14-15-16-17-42-45-48-51-55-59-63-67-71-79(88)92-72-68-64-60-56-52-49-46-43-40-38-36-34-32-30-28-26-24-22-20-18-19-21-23-25-27-29-31-33-35-37-39-41-44-47-50-54-58-62-66-70-78(87)84-75(76(86)69-65-61-57-53-12-10-8-6-4-2)74-93-83-82(91)81(90)80(89)77(73-85)94-83/h12-14,16-19,22,24,53,65,69,75-77,80-83,85-86,89-91H,3-11,15,20-21,23,25-52,54-64,66-68,70-74H2,1-2H3,(H,84,87)/b14-13-,17-16-,19-18-,24-22-,53-12+,69-65+. The zero-order valence-corrected chi connectivity index (χ0v) is 61.2. The predicted molar refractivity (Wildman–Crippen MR) is 398 cm³/mol. The fraction of sp³-hybridized carbons (Fsp3) is 0.831. The summed E-state index contributed by atoms with van der Waals surface area (Å²) in [5.41, 5.74) is 0. The van der Waals surface area contributed by atoms with Crippen LogP contribution in [0.2, 0.25) is 0 Å². The first kappa shape index (κ1) is 89.1. The lowest BCUT2D eigenvalue weighted by molar-refractivity contribution is -0.302. The van der Waals surface area contributed by atoms with E-state index in [1.807, 2.05) is 6.08 Å². The molecule has 1 aliphatic rings. The van der Waals surface area contributed by atoms with Crippen molar-refractivity contribution < 1.29 is 49.3 Å². The third-order valence-electron chi connectivity index (χ3n) is 18.8. The maximum Gasteiger partial charge on any atom is 0.305 e. The van der Waals surface area contributed by atoms with Crippen molar-refractivity contribution in [3.63, 3.8) is 0 Å². The molecule has 11 nitrogen and oxygen atoms in total. The summed E-state index contributed by atoms with van der Waals surface area (Å²) in [5, 5.41) is 54.3. The van der Waals surface area contributed by atoms with Crippen molar-refractivity contribution in [2.45, 2.75) is 423 Å². The number of aliphatic hydroxyl groups excluding tert-OH is 5. The minimum Gasteiger partial charge on any atom is -0.466 e. The Morgan fingerprint density at radius 1 is 0.394 bits per heavy atom. The normalized spacial score (nSPS) is 17.8. The number of hydrogen-bond donors (Lipinski definition) is 6. The van der Waals surface area contributed by atoms with Crippen LogP contribution >= 0.6 is 0 Å². The summed E-state index contributed by atoms with van der Waals surface area (Å²) < 4.78 is 16.7. The molecule has 11 heteroatoms. The Morgan fingerprint density at radius 3 is 1.14 bits per heavy atom. The zero-order valence-electron chi connectivity index (χ0n) is 61.2. The van der Waals surface area contributed by atoms with Crippen LogP contribution in [0.25, 0.3) is 0 Å². The number of allylic oxidation sites excluding steroid dienone is 11. The van der Waals surface area contributed by atoms with Crippen LogP contribution < -0.4 is 5.32 Å². The van der Waals surface area contributed by atoms with Crippen LogP contribution in [0.3, 0.4) is 0 Å². The van der Waals surface area contributed by atoms with Crippen LogP contribution in [0.5, 0.6) is 0 Å². The highest BCUT2D eigenvalue weighted by atomic mass is 16.7. The summed E-state index contributed by atoms with van der Waals surface area (Å²) >= 11 is 0. The monoisotopic (exact) mass is 1320 g/mol. The van der Waals surface area contributed by atoms with Crippen molar-refractivity contribution in [1.82, 2.24) is 5.32 Å². The molecule has 0 aromatic rings. The van der Waals surface area contributed by atoms with Gasteiger partial charge < -0.3 is 45.1 Å². The summed E-state index contributed by atoms with van der Waals surface area (Å²) in [6.07, 6.45) is 88.2. The zero-order chi connectivity index (χ0) is 67.9. The molecule has 1 heterocycles. The topological polar surface area (TPSA) is 175 Å². The lowest BCUT2D eigenvalue weighted by Gasteiger charge is -2.40. The molecule has 1 aliphatic heterocycles. The lowest BCUT2D eigenvalue weighted by atomic mass is 9.99. The van der Waals surface area contributed by atoms with Gasteiger partial charge in [0.1, 0.15) is 24.4 Å². The number of unbranched alkanes of at least 4 members (excludes halogenated alkanes) is 47. The van der Waals surface area contributed by atoms with E-state index in [9.17, 15) is 35.1 Å². The number of carbonyl (C=O) groups excluding carboxylic acids is 2. The number of carbonyl (C=O) groups is 2. The summed E-state index contributed by atoms with van der Waals surface area (Å²) in [6.45, 7) is 4.29. The van der Waals surface area contributed by atoms with E-state index in [1.165, 1.54) is 283 Å². The van der Waals surface area contributed by atoms with Crippen molar-refractivity contribution in [1.29, 1.82) is 0 Å². The average molecular weight is 1320 g/mol. The molecule has 0 aliphatic carbocycles. The molecule has 7 atom stereocenters. The molecule has 94 heavy (non-hydrogen) atoms. The van der Waals surface area contributed by atoms with Crippen molar-refractivity contribution >= 4 is 11.9 Å². The fourth-order valence-corrected chi connectivity index (χ4v) is 12.5. The Hall–Kier alpha value is -2.90. The van der Waals surface area contributed by atoms with Gasteiger partial charge in [0.05, 0.1) is 32.0 Å². The first-order valence-electron chi connectivity index (χ1n) is 40.2. The van der Waals surface area contributed by atoms with E-state index in [1.54, 1.807) is 6.08 Å². The van der Waals surface area contributed by atoms with E-state index >= 15 is 0 Å². The van der Waals surface area contributed by atoms with Gasteiger partial charge in [-0.3, -0.25) is 9.59 Å². The Labute approximate surface area is 579 Å². The third kappa shape index (κ3) is 59.2. The molecule has 0 bridgehead atoms. The Bertz CT molecular complexity index is 1790. The summed E-state index contributed by atoms with van der Waals surface area (Å²) in [4.78, 5) is 25.1. The van der Waals surface area contributed by atoms with E-state index in [0.29, 0.717) is 19.4 Å². The highest BCUT2D eigenvalue weighted by Crippen LogP contribution is 2.24. The van der Waals surface area contributed by atoms with Gasteiger partial charge >= 0.3 is 5.97 Å². The first-order chi connectivity index (χ1) is 46.2. The van der Waals surface area contributed by atoms with Gasteiger partial charge in [0.25, 0.3) is 0 Å². The van der Waals surface area contributed by atoms with Crippen molar-refractivity contribution in [2.75, 3.05) is 19.8 Å². The number of rotatable bonds is 71. The molecular formula is C83H151NO10. The maximum atomic E-state index is 13.0. The quantitative estimate of drug-likeness (QED) is 0.0195. The van der Waals surface area contributed by atoms with Crippen LogP contribution in [0.1, 0.15) is 380 Å². The maximum absolute atomic E-state index is 13.0. The highest BCUT2D eigenvalue weighted by molar-refractivity contribution is 5.76. The Balaban J connectivity index is 1.86. The SMILES string of the molecule is CCCCC/C=C/CC/C=C/C(O)C(COC1OC(CO)C(O)C(O)C1O)NC(=O)CCCCCCCCCCCCCCCCCCC/C=C\C/C=C\CCCCCCCCCCCCCCCCCOC(=O)CCCCCCCCC/C=C\C/C=C\CCCCCC. The van der Waals surface area contributed by atoms with E-state index in [2.05, 4.69) is 79.9 Å². The molecule has 1 rings (SSSR count). The number of amides is 1. The molecule has 0 spiro atoms. The van der Waals surface area contributed by atoms with Gasteiger partial charge in [-0.05, 0) is 109 Å². The van der Waals surface area contributed by atoms with Crippen molar-refractivity contribution in [3.8, 4) is 0 Å². The molecule has 0 saturated carbocycles. The van der Waals surface area contributed by atoms with Crippen molar-refractivity contribution in [3.05, 3.63) is 72.9 Å². The van der Waals surface area contributed by atoms with Gasteiger partial charge in [-0.25, -0.2) is 0 Å². The van der Waals surface area contributed by atoms with E-state index in [-0.39, 0.29) is 18.5 Å². The summed E-state index contributed by atoms with van der Waals surface area (Å²) in [6, 6.07) is -0.825. The minimum absolute atomic E-state index is 0.00703. The molecule has 6 N–H and O–H groups in total.